The first-order chi connectivity index (χ1) is 8.04. The summed E-state index contributed by atoms with van der Waals surface area (Å²) in [6.45, 7) is 9.15. The van der Waals surface area contributed by atoms with E-state index in [9.17, 15) is 0 Å². The summed E-state index contributed by atoms with van der Waals surface area (Å²) in [4.78, 5) is 4.36. The zero-order chi connectivity index (χ0) is 13.5. The van der Waals surface area contributed by atoms with Crippen LogP contribution >= 0.6 is 0 Å². The zero-order valence-electron chi connectivity index (χ0n) is 13.1. The molecule has 0 aromatic heterocycles. The summed E-state index contributed by atoms with van der Waals surface area (Å²) in [5.74, 6) is 0. The van der Waals surface area contributed by atoms with Crippen LogP contribution in [0.4, 0.5) is 0 Å². The molecule has 0 saturated heterocycles. The molecule has 0 aromatic carbocycles. The van der Waals surface area contributed by atoms with Crippen molar-refractivity contribution in [1.82, 2.24) is 15.1 Å². The summed E-state index contributed by atoms with van der Waals surface area (Å²) in [6.07, 6.45) is 5.26. The second-order valence-electron chi connectivity index (χ2n) is 5.06. The quantitative estimate of drug-likeness (QED) is 0.629. The monoisotopic (exact) mass is 245 g/mol. The standard InChI is InChI=1S/C8H19N.C6H16N2/c1-3-5-7-9-8-6-4-2;1-7(2)5-6-8(3)4/h9H,3-8H2,1-2H3;5-6H2,1-4H3. The molecule has 0 aliphatic heterocycles. The third kappa shape index (κ3) is 25.8. The van der Waals surface area contributed by atoms with Crippen molar-refractivity contribution in [1.29, 1.82) is 0 Å². The van der Waals surface area contributed by atoms with Gasteiger partial charge in [-0.15, -0.1) is 0 Å². The molecule has 0 aliphatic carbocycles. The van der Waals surface area contributed by atoms with E-state index in [2.05, 4.69) is 57.2 Å². The molecule has 0 unspecified atom stereocenters. The number of rotatable bonds is 9. The predicted molar refractivity (Wildman–Crippen MR) is 79.8 cm³/mol. The molecule has 0 rings (SSSR count). The van der Waals surface area contributed by atoms with E-state index in [1.165, 1.54) is 38.8 Å². The summed E-state index contributed by atoms with van der Waals surface area (Å²) in [5, 5.41) is 3.39. The van der Waals surface area contributed by atoms with Gasteiger partial charge in [0.25, 0.3) is 0 Å². The summed E-state index contributed by atoms with van der Waals surface area (Å²) >= 11 is 0. The lowest BCUT2D eigenvalue weighted by Gasteiger charge is -2.13. The third-order valence-corrected chi connectivity index (χ3v) is 2.41. The molecule has 0 bridgehead atoms. The van der Waals surface area contributed by atoms with Crippen molar-refractivity contribution >= 4 is 0 Å². The van der Waals surface area contributed by atoms with Gasteiger partial charge in [-0.3, -0.25) is 0 Å². The average Bonchev–Trinajstić information content (AvgIpc) is 2.27. The molecule has 1 N–H and O–H groups in total. The SMILES string of the molecule is CCCCNCCCC.CN(C)CCN(C)C. The summed E-state index contributed by atoms with van der Waals surface area (Å²) in [5.41, 5.74) is 0. The molecule has 3 nitrogen and oxygen atoms in total. The number of nitrogens with one attached hydrogen (secondary N) is 1. The van der Waals surface area contributed by atoms with Crippen LogP contribution in [0.3, 0.4) is 0 Å². The Balaban J connectivity index is 0. The molecule has 0 amide bonds. The van der Waals surface area contributed by atoms with E-state index in [1.807, 2.05) is 0 Å². The van der Waals surface area contributed by atoms with Crippen LogP contribution in [0.2, 0.25) is 0 Å². The van der Waals surface area contributed by atoms with Crippen molar-refractivity contribution in [3.8, 4) is 0 Å². The lowest BCUT2D eigenvalue weighted by Crippen LogP contribution is -2.25. The second kappa shape index (κ2) is 15.9. The van der Waals surface area contributed by atoms with Gasteiger partial charge in [-0.05, 0) is 54.1 Å². The Morgan fingerprint density at radius 1 is 0.706 bits per heavy atom. The largest absolute Gasteiger partial charge is 0.317 e. The van der Waals surface area contributed by atoms with E-state index in [1.54, 1.807) is 0 Å². The van der Waals surface area contributed by atoms with Gasteiger partial charge in [0.2, 0.25) is 0 Å². The highest BCUT2D eigenvalue weighted by Crippen LogP contribution is 1.85. The van der Waals surface area contributed by atoms with Crippen LogP contribution in [0, 0.1) is 0 Å². The van der Waals surface area contributed by atoms with Crippen molar-refractivity contribution in [2.45, 2.75) is 39.5 Å². The third-order valence-electron chi connectivity index (χ3n) is 2.41. The fourth-order valence-corrected chi connectivity index (χ4v) is 1.13. The van der Waals surface area contributed by atoms with Crippen LogP contribution in [0.15, 0.2) is 0 Å². The van der Waals surface area contributed by atoms with Gasteiger partial charge in [-0.25, -0.2) is 0 Å². The molecule has 17 heavy (non-hydrogen) atoms. The van der Waals surface area contributed by atoms with E-state index >= 15 is 0 Å². The number of hydrogen-bond donors (Lipinski definition) is 1. The van der Waals surface area contributed by atoms with Gasteiger partial charge >= 0.3 is 0 Å². The number of unbranched alkanes of at least 4 members (excludes halogenated alkanes) is 2. The normalized spacial score (nSPS) is 10.6. The molecule has 0 aromatic rings. The van der Waals surface area contributed by atoms with Gasteiger partial charge < -0.3 is 15.1 Å². The lowest BCUT2D eigenvalue weighted by molar-refractivity contribution is 0.320. The first-order valence-electron chi connectivity index (χ1n) is 7.04. The van der Waals surface area contributed by atoms with Crippen LogP contribution in [0.25, 0.3) is 0 Å². The van der Waals surface area contributed by atoms with Gasteiger partial charge in [-0.1, -0.05) is 26.7 Å². The van der Waals surface area contributed by atoms with E-state index in [0.29, 0.717) is 0 Å². The van der Waals surface area contributed by atoms with Gasteiger partial charge in [0, 0.05) is 13.1 Å². The minimum absolute atomic E-state index is 1.15. The second-order valence-corrected chi connectivity index (χ2v) is 5.06. The molecule has 0 heterocycles. The number of hydrogen-bond acceptors (Lipinski definition) is 3. The first-order valence-corrected chi connectivity index (χ1v) is 7.04. The van der Waals surface area contributed by atoms with E-state index < -0.39 is 0 Å². The Morgan fingerprint density at radius 3 is 1.29 bits per heavy atom. The highest BCUT2D eigenvalue weighted by Gasteiger charge is 1.89. The van der Waals surface area contributed by atoms with Crippen LogP contribution in [0.1, 0.15) is 39.5 Å². The zero-order valence-corrected chi connectivity index (χ0v) is 13.1. The Morgan fingerprint density at radius 2 is 1.06 bits per heavy atom. The minimum Gasteiger partial charge on any atom is -0.317 e. The van der Waals surface area contributed by atoms with E-state index in [-0.39, 0.29) is 0 Å². The molecule has 0 fully saturated rings. The van der Waals surface area contributed by atoms with E-state index in [0.717, 1.165) is 13.1 Å². The molecule has 0 saturated carbocycles. The van der Waals surface area contributed by atoms with Crippen molar-refractivity contribution in [3.63, 3.8) is 0 Å². The lowest BCUT2D eigenvalue weighted by atomic mass is 10.3. The molecule has 0 atom stereocenters. The fraction of sp³-hybridized carbons (Fsp3) is 1.00. The summed E-state index contributed by atoms with van der Waals surface area (Å²) < 4.78 is 0. The van der Waals surface area contributed by atoms with E-state index in [4.69, 9.17) is 0 Å². The topological polar surface area (TPSA) is 18.5 Å². The fourth-order valence-electron chi connectivity index (χ4n) is 1.13. The van der Waals surface area contributed by atoms with Crippen LogP contribution in [0.5, 0.6) is 0 Å². The Kier molecular flexibility index (Phi) is 18.0. The van der Waals surface area contributed by atoms with Gasteiger partial charge in [-0.2, -0.15) is 0 Å². The Labute approximate surface area is 110 Å². The Bertz CT molecular complexity index is 111. The number of likely N-dealkylation sites (N-methyl/N-ethyl adjacent to an activating group) is 2. The van der Waals surface area contributed by atoms with Gasteiger partial charge in [0.1, 0.15) is 0 Å². The van der Waals surface area contributed by atoms with Crippen molar-refractivity contribution in [2.75, 3.05) is 54.4 Å². The van der Waals surface area contributed by atoms with Crippen molar-refractivity contribution in [2.24, 2.45) is 0 Å². The Hall–Kier alpha value is -0.120. The molecule has 106 valence electrons. The molecule has 0 spiro atoms. The summed E-state index contributed by atoms with van der Waals surface area (Å²) in [6, 6.07) is 0. The summed E-state index contributed by atoms with van der Waals surface area (Å²) in [7, 11) is 8.35. The van der Waals surface area contributed by atoms with Crippen molar-refractivity contribution in [3.05, 3.63) is 0 Å². The smallest absolute Gasteiger partial charge is 0.0103 e. The van der Waals surface area contributed by atoms with Crippen LogP contribution in [-0.4, -0.2) is 64.2 Å². The molecule has 3 heteroatoms. The maximum atomic E-state index is 3.39. The highest BCUT2D eigenvalue weighted by atomic mass is 15.1. The van der Waals surface area contributed by atoms with Gasteiger partial charge in [0.15, 0.2) is 0 Å². The van der Waals surface area contributed by atoms with Crippen molar-refractivity contribution < 1.29 is 0 Å². The maximum Gasteiger partial charge on any atom is 0.0103 e. The predicted octanol–water partition coefficient (Wildman–Crippen LogP) is 2.29. The average molecular weight is 245 g/mol. The molecular weight excluding hydrogens is 210 g/mol. The molecular formula is C14H35N3. The van der Waals surface area contributed by atoms with Crippen LogP contribution in [-0.2, 0) is 0 Å². The molecule has 0 radical (unpaired) electrons. The van der Waals surface area contributed by atoms with Crippen LogP contribution < -0.4 is 5.32 Å². The molecule has 0 aliphatic rings. The maximum absolute atomic E-state index is 3.39. The number of nitrogens with zero attached hydrogens (tertiary/aromatic N) is 2. The van der Waals surface area contributed by atoms with Gasteiger partial charge in [0.05, 0.1) is 0 Å². The highest BCUT2D eigenvalue weighted by molar-refractivity contribution is 4.46. The minimum atomic E-state index is 1.15. The first kappa shape index (κ1) is 19.2.